The highest BCUT2D eigenvalue weighted by Gasteiger charge is 2.13. The predicted molar refractivity (Wildman–Crippen MR) is 83.5 cm³/mol. The van der Waals surface area contributed by atoms with Crippen LogP contribution in [0.25, 0.3) is 10.8 Å². The summed E-state index contributed by atoms with van der Waals surface area (Å²) in [6.07, 6.45) is 1.92. The minimum absolute atomic E-state index is 0.276. The van der Waals surface area contributed by atoms with Crippen molar-refractivity contribution in [1.29, 1.82) is 5.26 Å². The van der Waals surface area contributed by atoms with Crippen molar-refractivity contribution in [2.75, 3.05) is 5.32 Å². The molecule has 6 heteroatoms. The molecular formula is C16H11N3O2S. The van der Waals surface area contributed by atoms with Crippen LogP contribution in [0.3, 0.4) is 0 Å². The van der Waals surface area contributed by atoms with Crippen LogP contribution < -0.4 is 5.32 Å². The molecule has 0 unspecified atom stereocenters. The average Bonchev–Trinajstić information content (AvgIpc) is 3.20. The third-order valence-electron chi connectivity index (χ3n) is 2.96. The summed E-state index contributed by atoms with van der Waals surface area (Å²) in [6, 6.07) is 12.8. The highest BCUT2D eigenvalue weighted by molar-refractivity contribution is 7.13. The van der Waals surface area contributed by atoms with Crippen LogP contribution in [0.5, 0.6) is 0 Å². The Morgan fingerprint density at radius 3 is 2.82 bits per heavy atom. The normalized spacial score (nSPS) is 10.1. The molecule has 0 aliphatic rings. The Hall–Kier alpha value is -2.91. The second kappa shape index (κ2) is 6.24. The number of nitrogens with zero attached hydrogens (tertiary/aromatic N) is 2. The summed E-state index contributed by atoms with van der Waals surface area (Å²) in [4.78, 5) is 16.4. The van der Waals surface area contributed by atoms with E-state index in [0.717, 1.165) is 5.56 Å². The molecule has 3 rings (SSSR count). The fraction of sp³-hybridized carbons (Fsp3) is 0.0625. The molecular weight excluding hydrogens is 298 g/mol. The van der Waals surface area contributed by atoms with Crippen LogP contribution in [0.2, 0.25) is 0 Å². The van der Waals surface area contributed by atoms with Crippen LogP contribution in [-0.2, 0) is 6.42 Å². The number of nitrogens with one attached hydrogen (secondary N) is 1. The van der Waals surface area contributed by atoms with Gasteiger partial charge in [0.25, 0.3) is 5.91 Å². The zero-order valence-corrected chi connectivity index (χ0v) is 12.3. The minimum Gasteiger partial charge on any atom is -0.462 e. The quantitative estimate of drug-likeness (QED) is 0.796. The maximum atomic E-state index is 12.2. The minimum atomic E-state index is -0.276. The van der Waals surface area contributed by atoms with Crippen LogP contribution in [0.4, 0.5) is 5.69 Å². The van der Waals surface area contributed by atoms with Crippen molar-refractivity contribution < 1.29 is 9.21 Å². The fourth-order valence-electron chi connectivity index (χ4n) is 1.88. The van der Waals surface area contributed by atoms with Gasteiger partial charge < -0.3 is 9.73 Å². The number of anilines is 1. The first-order chi connectivity index (χ1) is 10.8. The number of benzene rings is 1. The first-order valence-electron chi connectivity index (χ1n) is 6.53. The Morgan fingerprint density at radius 2 is 2.14 bits per heavy atom. The topological polar surface area (TPSA) is 78.9 Å². The van der Waals surface area contributed by atoms with Crippen LogP contribution in [0.15, 0.2) is 52.5 Å². The van der Waals surface area contributed by atoms with E-state index in [9.17, 15) is 4.79 Å². The van der Waals surface area contributed by atoms with Gasteiger partial charge in [-0.2, -0.15) is 5.26 Å². The van der Waals surface area contributed by atoms with Gasteiger partial charge in [0.05, 0.1) is 18.8 Å². The number of hydrogen-bond acceptors (Lipinski definition) is 5. The van der Waals surface area contributed by atoms with Gasteiger partial charge in [-0.1, -0.05) is 12.1 Å². The lowest BCUT2D eigenvalue weighted by atomic mass is 10.1. The first kappa shape index (κ1) is 14.0. The predicted octanol–water partition coefficient (Wildman–Crippen LogP) is 3.72. The molecule has 0 bridgehead atoms. The molecule has 22 heavy (non-hydrogen) atoms. The molecule has 3 aromatic rings. The lowest BCUT2D eigenvalue weighted by Gasteiger charge is -2.03. The molecule has 1 amide bonds. The van der Waals surface area contributed by atoms with Crippen molar-refractivity contribution in [3.8, 4) is 16.8 Å². The standard InChI is InChI=1S/C16H11N3O2S/c17-8-7-11-3-5-12(6-4-11)18-15(20)13-10-22-16(19-13)14-2-1-9-21-14/h1-6,9-10H,7H2,(H,18,20). The van der Waals surface area contributed by atoms with E-state index in [1.807, 2.05) is 12.1 Å². The first-order valence-corrected chi connectivity index (χ1v) is 7.41. The molecule has 0 saturated heterocycles. The summed E-state index contributed by atoms with van der Waals surface area (Å²) in [5.74, 6) is 0.368. The molecule has 0 spiro atoms. The zero-order chi connectivity index (χ0) is 15.4. The smallest absolute Gasteiger partial charge is 0.275 e. The fourth-order valence-corrected chi connectivity index (χ4v) is 2.65. The van der Waals surface area contributed by atoms with Crippen LogP contribution in [-0.4, -0.2) is 10.9 Å². The molecule has 0 aliphatic carbocycles. The van der Waals surface area contributed by atoms with E-state index in [-0.39, 0.29) is 5.91 Å². The Morgan fingerprint density at radius 1 is 1.32 bits per heavy atom. The van der Waals surface area contributed by atoms with Crippen molar-refractivity contribution in [1.82, 2.24) is 4.98 Å². The molecule has 108 valence electrons. The van der Waals surface area contributed by atoms with Crippen molar-refractivity contribution >= 4 is 22.9 Å². The van der Waals surface area contributed by atoms with Crippen LogP contribution in [0, 0.1) is 11.3 Å². The molecule has 0 saturated carbocycles. The molecule has 1 N–H and O–H groups in total. The molecule has 2 aromatic heterocycles. The van der Waals surface area contributed by atoms with Crippen LogP contribution in [0.1, 0.15) is 16.1 Å². The molecule has 0 radical (unpaired) electrons. The van der Waals surface area contributed by atoms with Crippen LogP contribution >= 0.6 is 11.3 Å². The SMILES string of the molecule is N#CCc1ccc(NC(=O)c2csc(-c3ccco3)n2)cc1. The summed E-state index contributed by atoms with van der Waals surface area (Å²) in [7, 11) is 0. The number of hydrogen-bond donors (Lipinski definition) is 1. The van der Waals surface area contributed by atoms with Gasteiger partial charge in [-0.05, 0) is 29.8 Å². The maximum absolute atomic E-state index is 12.2. The summed E-state index contributed by atoms with van der Waals surface area (Å²) in [6.45, 7) is 0. The van der Waals surface area contributed by atoms with Gasteiger partial charge in [-0.3, -0.25) is 4.79 Å². The van der Waals surface area contributed by atoms with E-state index >= 15 is 0 Å². The molecule has 2 heterocycles. The number of furan rings is 1. The highest BCUT2D eigenvalue weighted by atomic mass is 32.1. The summed E-state index contributed by atoms with van der Waals surface area (Å²) >= 11 is 1.35. The number of thiazole rings is 1. The van der Waals surface area contributed by atoms with Crippen molar-refractivity contribution in [2.24, 2.45) is 0 Å². The Labute approximate surface area is 130 Å². The number of amides is 1. The van der Waals surface area contributed by atoms with Gasteiger partial charge in [-0.15, -0.1) is 11.3 Å². The molecule has 0 atom stereocenters. The Balaban J connectivity index is 1.71. The third-order valence-corrected chi connectivity index (χ3v) is 3.82. The lowest BCUT2D eigenvalue weighted by molar-refractivity contribution is 0.102. The second-order valence-corrected chi connectivity index (χ2v) is 5.36. The molecule has 0 fully saturated rings. The van der Waals surface area contributed by atoms with E-state index in [2.05, 4.69) is 16.4 Å². The molecule has 0 aliphatic heterocycles. The maximum Gasteiger partial charge on any atom is 0.275 e. The van der Waals surface area contributed by atoms with E-state index in [4.69, 9.17) is 9.68 Å². The van der Waals surface area contributed by atoms with Crippen molar-refractivity contribution in [3.63, 3.8) is 0 Å². The number of aromatic nitrogens is 1. The second-order valence-electron chi connectivity index (χ2n) is 4.50. The highest BCUT2D eigenvalue weighted by Crippen LogP contribution is 2.24. The Bertz CT molecular complexity index is 814. The van der Waals surface area contributed by atoms with E-state index in [0.29, 0.717) is 28.6 Å². The number of nitriles is 1. The van der Waals surface area contributed by atoms with E-state index in [1.165, 1.54) is 11.3 Å². The third kappa shape index (κ3) is 3.05. The number of rotatable bonds is 4. The van der Waals surface area contributed by atoms with Gasteiger partial charge in [0, 0.05) is 11.1 Å². The number of carbonyl (C=O) groups is 1. The summed E-state index contributed by atoms with van der Waals surface area (Å²) in [5.41, 5.74) is 1.92. The van der Waals surface area contributed by atoms with Gasteiger partial charge in [0.15, 0.2) is 10.8 Å². The monoisotopic (exact) mass is 309 g/mol. The van der Waals surface area contributed by atoms with Crippen molar-refractivity contribution in [2.45, 2.75) is 6.42 Å². The largest absolute Gasteiger partial charge is 0.462 e. The van der Waals surface area contributed by atoms with E-state index < -0.39 is 0 Å². The van der Waals surface area contributed by atoms with Gasteiger partial charge in [0.1, 0.15) is 5.69 Å². The lowest BCUT2D eigenvalue weighted by Crippen LogP contribution is -2.12. The molecule has 5 nitrogen and oxygen atoms in total. The van der Waals surface area contributed by atoms with Gasteiger partial charge >= 0.3 is 0 Å². The zero-order valence-electron chi connectivity index (χ0n) is 11.4. The van der Waals surface area contributed by atoms with Gasteiger partial charge in [0.2, 0.25) is 0 Å². The molecule has 1 aromatic carbocycles. The average molecular weight is 309 g/mol. The van der Waals surface area contributed by atoms with Gasteiger partial charge in [-0.25, -0.2) is 4.98 Å². The summed E-state index contributed by atoms with van der Waals surface area (Å²) in [5, 5.41) is 13.8. The Kier molecular flexibility index (Phi) is 3.99. The summed E-state index contributed by atoms with van der Waals surface area (Å²) < 4.78 is 5.26. The number of carbonyl (C=O) groups excluding carboxylic acids is 1. The van der Waals surface area contributed by atoms with E-state index in [1.54, 1.807) is 35.9 Å². The van der Waals surface area contributed by atoms with Crippen molar-refractivity contribution in [3.05, 3.63) is 59.3 Å².